The maximum Gasteiger partial charge on any atom is 0.273 e. The van der Waals surface area contributed by atoms with Crippen molar-refractivity contribution in [3.8, 4) is 17.0 Å². The molecule has 5 heteroatoms. The highest BCUT2D eigenvalue weighted by Crippen LogP contribution is 2.45. The van der Waals surface area contributed by atoms with Crippen molar-refractivity contribution >= 4 is 5.91 Å². The number of H-pyrrole nitrogens is 1. The Bertz CT molecular complexity index is 1010. The molecular formula is C22H21N3O2. The van der Waals surface area contributed by atoms with Gasteiger partial charge in [0.05, 0.1) is 6.04 Å². The van der Waals surface area contributed by atoms with Gasteiger partial charge in [-0.05, 0) is 36.6 Å². The van der Waals surface area contributed by atoms with Gasteiger partial charge in [0.2, 0.25) is 0 Å². The number of nitrogens with one attached hydrogen (secondary N) is 1. The van der Waals surface area contributed by atoms with Crippen LogP contribution in [-0.4, -0.2) is 32.7 Å². The average molecular weight is 359 g/mol. The molecule has 2 heterocycles. The van der Waals surface area contributed by atoms with Crippen molar-refractivity contribution in [3.05, 3.63) is 83.1 Å². The summed E-state index contributed by atoms with van der Waals surface area (Å²) in [5.41, 5.74) is 5.45. The summed E-state index contributed by atoms with van der Waals surface area (Å²) >= 11 is 0. The molecule has 27 heavy (non-hydrogen) atoms. The zero-order chi connectivity index (χ0) is 19.1. The maximum atomic E-state index is 13.0. The monoisotopic (exact) mass is 359 g/mol. The van der Waals surface area contributed by atoms with Gasteiger partial charge in [0.25, 0.3) is 5.91 Å². The summed E-state index contributed by atoms with van der Waals surface area (Å²) < 4.78 is 0. The second-order valence-electron chi connectivity index (χ2n) is 6.90. The third kappa shape index (κ3) is 2.63. The fourth-order valence-electron chi connectivity index (χ4n) is 3.95. The van der Waals surface area contributed by atoms with E-state index in [2.05, 4.69) is 16.8 Å². The van der Waals surface area contributed by atoms with Gasteiger partial charge in [-0.25, -0.2) is 0 Å². The molecule has 1 aromatic heterocycles. The van der Waals surface area contributed by atoms with Crippen LogP contribution in [0.5, 0.6) is 5.75 Å². The van der Waals surface area contributed by atoms with Crippen molar-refractivity contribution in [2.75, 3.05) is 6.54 Å². The Balaban J connectivity index is 1.96. The van der Waals surface area contributed by atoms with Crippen LogP contribution in [0.1, 0.15) is 38.8 Å². The molecule has 1 aliphatic rings. The Morgan fingerprint density at radius 1 is 1.26 bits per heavy atom. The van der Waals surface area contributed by atoms with Gasteiger partial charge in [0.15, 0.2) is 0 Å². The summed E-state index contributed by atoms with van der Waals surface area (Å²) in [5, 5.41) is 17.9. The Kier molecular flexibility index (Phi) is 4.07. The molecular weight excluding hydrogens is 338 g/mol. The molecule has 0 fully saturated rings. The van der Waals surface area contributed by atoms with Crippen molar-refractivity contribution < 1.29 is 9.90 Å². The highest BCUT2D eigenvalue weighted by Gasteiger charge is 2.42. The number of nitrogens with zero attached hydrogens (tertiary/aromatic N) is 2. The Labute approximate surface area is 158 Å². The minimum atomic E-state index is -0.277. The first-order valence-corrected chi connectivity index (χ1v) is 8.88. The van der Waals surface area contributed by atoms with E-state index in [0.717, 1.165) is 22.3 Å². The van der Waals surface area contributed by atoms with Gasteiger partial charge in [-0.15, -0.1) is 6.58 Å². The molecule has 0 spiro atoms. The highest BCUT2D eigenvalue weighted by atomic mass is 16.3. The van der Waals surface area contributed by atoms with E-state index in [1.807, 2.05) is 50.2 Å². The van der Waals surface area contributed by atoms with Crippen LogP contribution < -0.4 is 0 Å². The number of aromatic nitrogens is 2. The van der Waals surface area contributed by atoms with Gasteiger partial charge in [-0.1, -0.05) is 42.5 Å². The average Bonchev–Trinajstić information content (AvgIpc) is 3.16. The number of phenolic OH excluding ortho intramolecular Hbond substituents is 1. The third-order valence-electron chi connectivity index (χ3n) is 5.00. The number of phenols is 1. The van der Waals surface area contributed by atoms with Crippen molar-refractivity contribution in [2.24, 2.45) is 0 Å². The number of carbonyl (C=O) groups excluding carboxylic acids is 1. The lowest BCUT2D eigenvalue weighted by molar-refractivity contribution is 0.0764. The topological polar surface area (TPSA) is 69.2 Å². The van der Waals surface area contributed by atoms with Crippen LogP contribution in [0.4, 0.5) is 0 Å². The normalized spacial score (nSPS) is 15.9. The molecule has 0 saturated carbocycles. The summed E-state index contributed by atoms with van der Waals surface area (Å²) in [6.07, 6.45) is 1.72. The first kappa shape index (κ1) is 17.1. The quantitative estimate of drug-likeness (QED) is 0.688. The molecule has 4 rings (SSSR count). The number of aryl methyl sites for hydroxylation is 2. The minimum absolute atomic E-state index is 0.109. The number of aromatic amines is 1. The fraction of sp³-hybridized carbons (Fsp3) is 0.182. The third-order valence-corrected chi connectivity index (χ3v) is 5.00. The van der Waals surface area contributed by atoms with Crippen molar-refractivity contribution in [1.29, 1.82) is 0 Å². The smallest absolute Gasteiger partial charge is 0.273 e. The molecule has 1 aliphatic heterocycles. The van der Waals surface area contributed by atoms with Gasteiger partial charge in [0, 0.05) is 17.7 Å². The van der Waals surface area contributed by atoms with Crippen molar-refractivity contribution in [1.82, 2.24) is 15.1 Å². The van der Waals surface area contributed by atoms with E-state index < -0.39 is 0 Å². The summed E-state index contributed by atoms with van der Waals surface area (Å²) in [4.78, 5) is 14.8. The number of hydrogen-bond donors (Lipinski definition) is 2. The molecule has 0 saturated heterocycles. The van der Waals surface area contributed by atoms with Crippen LogP contribution in [0.15, 0.2) is 55.1 Å². The molecule has 2 N–H and O–H groups in total. The summed E-state index contributed by atoms with van der Waals surface area (Å²) in [7, 11) is 0. The fourth-order valence-corrected chi connectivity index (χ4v) is 3.95. The summed E-state index contributed by atoms with van der Waals surface area (Å²) in [6.45, 7) is 8.10. The second kappa shape index (κ2) is 6.43. The van der Waals surface area contributed by atoms with E-state index >= 15 is 0 Å². The lowest BCUT2D eigenvalue weighted by atomic mass is 9.93. The maximum absolute atomic E-state index is 13.0. The number of fused-ring (bicyclic) bond motifs is 1. The van der Waals surface area contributed by atoms with Gasteiger partial charge in [-0.2, -0.15) is 5.10 Å². The molecule has 1 amide bonds. The van der Waals surface area contributed by atoms with Crippen molar-refractivity contribution in [3.63, 3.8) is 0 Å². The number of aromatic hydroxyl groups is 1. The first-order valence-electron chi connectivity index (χ1n) is 8.88. The van der Waals surface area contributed by atoms with E-state index in [0.29, 0.717) is 23.5 Å². The summed E-state index contributed by atoms with van der Waals surface area (Å²) in [5.74, 6) is 0.0602. The van der Waals surface area contributed by atoms with Crippen LogP contribution in [0.3, 0.4) is 0 Å². The molecule has 0 radical (unpaired) electrons. The number of benzene rings is 2. The van der Waals surface area contributed by atoms with Crippen LogP contribution >= 0.6 is 0 Å². The van der Waals surface area contributed by atoms with Gasteiger partial charge >= 0.3 is 0 Å². The standard InChI is InChI=1S/C22H21N3O2/c1-4-10-25-21(15-8-6-5-7-9-15)18-19(23-24-20(18)22(25)27)17-14(3)11-13(2)12-16(17)26/h4-9,11-12,21,26H,1,10H2,2-3H3,(H,23,24). The predicted octanol–water partition coefficient (Wildman–Crippen LogP) is 4.13. The number of carbonyl (C=O) groups is 1. The molecule has 0 aliphatic carbocycles. The zero-order valence-corrected chi connectivity index (χ0v) is 15.4. The predicted molar refractivity (Wildman–Crippen MR) is 105 cm³/mol. The second-order valence-corrected chi connectivity index (χ2v) is 6.90. The Morgan fingerprint density at radius 2 is 2.00 bits per heavy atom. The minimum Gasteiger partial charge on any atom is -0.507 e. The van der Waals surface area contributed by atoms with Gasteiger partial charge in [-0.3, -0.25) is 9.89 Å². The molecule has 3 aromatic rings. The van der Waals surface area contributed by atoms with Gasteiger partial charge < -0.3 is 10.0 Å². The number of hydrogen-bond acceptors (Lipinski definition) is 3. The Hall–Kier alpha value is -3.34. The van der Waals surface area contributed by atoms with Gasteiger partial charge in [0.1, 0.15) is 17.1 Å². The van der Waals surface area contributed by atoms with E-state index in [4.69, 9.17) is 0 Å². The largest absolute Gasteiger partial charge is 0.507 e. The molecule has 1 atom stereocenters. The number of rotatable bonds is 4. The van der Waals surface area contributed by atoms with Crippen LogP contribution in [0.25, 0.3) is 11.3 Å². The van der Waals surface area contributed by atoms with E-state index in [1.54, 1.807) is 17.0 Å². The van der Waals surface area contributed by atoms with Crippen LogP contribution in [-0.2, 0) is 0 Å². The molecule has 1 unspecified atom stereocenters. The summed E-state index contributed by atoms with van der Waals surface area (Å²) in [6, 6.07) is 13.3. The van der Waals surface area contributed by atoms with Crippen LogP contribution in [0, 0.1) is 13.8 Å². The lowest BCUT2D eigenvalue weighted by Gasteiger charge is -2.25. The molecule has 2 aromatic carbocycles. The number of amides is 1. The SMILES string of the molecule is C=CCN1C(=O)c2[nH]nc(-c3c(C)cc(C)cc3O)c2C1c1ccccc1. The highest BCUT2D eigenvalue weighted by molar-refractivity contribution is 6.00. The first-order chi connectivity index (χ1) is 13.0. The van der Waals surface area contributed by atoms with E-state index in [9.17, 15) is 9.90 Å². The molecule has 136 valence electrons. The van der Waals surface area contributed by atoms with E-state index in [1.165, 1.54) is 0 Å². The van der Waals surface area contributed by atoms with Crippen LogP contribution in [0.2, 0.25) is 0 Å². The molecule has 0 bridgehead atoms. The molecule has 5 nitrogen and oxygen atoms in total. The lowest BCUT2D eigenvalue weighted by Crippen LogP contribution is -2.29. The Morgan fingerprint density at radius 3 is 2.67 bits per heavy atom. The van der Waals surface area contributed by atoms with E-state index in [-0.39, 0.29) is 17.7 Å². The van der Waals surface area contributed by atoms with Crippen molar-refractivity contribution in [2.45, 2.75) is 19.9 Å². The zero-order valence-electron chi connectivity index (χ0n) is 15.4.